The fraction of sp³-hybridized carbons (Fsp3) is 0.407. The number of benzene rings is 1. The third-order valence-corrected chi connectivity index (χ3v) is 6.05. The van der Waals surface area contributed by atoms with Crippen molar-refractivity contribution in [2.24, 2.45) is 0 Å². The maximum absolute atomic E-state index is 11.4. The molecular formula is C27H37NO6S2. The van der Waals surface area contributed by atoms with Crippen LogP contribution in [-0.4, -0.2) is 46.8 Å². The van der Waals surface area contributed by atoms with Crippen molar-refractivity contribution in [2.45, 2.75) is 47.0 Å². The van der Waals surface area contributed by atoms with Crippen LogP contribution in [0.15, 0.2) is 60.7 Å². The molecule has 0 saturated heterocycles. The van der Waals surface area contributed by atoms with Crippen LogP contribution in [0.5, 0.6) is 5.75 Å². The van der Waals surface area contributed by atoms with Crippen molar-refractivity contribution < 1.29 is 28.7 Å². The molecule has 7 nitrogen and oxygen atoms in total. The van der Waals surface area contributed by atoms with E-state index in [0.29, 0.717) is 59.3 Å². The van der Waals surface area contributed by atoms with Crippen LogP contribution < -0.4 is 10.1 Å². The van der Waals surface area contributed by atoms with E-state index in [1.165, 1.54) is 23.5 Å². The van der Waals surface area contributed by atoms with E-state index in [4.69, 9.17) is 9.47 Å². The quantitative estimate of drug-likeness (QED) is 0.135. The number of hydrogen-bond acceptors (Lipinski definition) is 8. The lowest BCUT2D eigenvalue weighted by atomic mass is 10.2. The van der Waals surface area contributed by atoms with E-state index < -0.39 is 0 Å². The van der Waals surface area contributed by atoms with Gasteiger partial charge in [-0.1, -0.05) is 56.6 Å². The summed E-state index contributed by atoms with van der Waals surface area (Å²) < 4.78 is 10.4. The minimum absolute atomic E-state index is 0.000403. The molecule has 1 aromatic rings. The highest BCUT2D eigenvalue weighted by molar-refractivity contribution is 8.14. The zero-order valence-corrected chi connectivity index (χ0v) is 23.3. The van der Waals surface area contributed by atoms with Crippen LogP contribution in [0.25, 0.3) is 0 Å². The Balaban J connectivity index is 0.000000686. The third kappa shape index (κ3) is 16.9. The summed E-state index contributed by atoms with van der Waals surface area (Å²) in [7, 11) is 0. The maximum atomic E-state index is 11.4. The van der Waals surface area contributed by atoms with Gasteiger partial charge >= 0.3 is 5.97 Å². The number of ether oxygens (including phenoxy) is 2. The first-order valence-corrected chi connectivity index (χ1v) is 13.5. The van der Waals surface area contributed by atoms with Gasteiger partial charge in [-0.3, -0.25) is 19.2 Å². The van der Waals surface area contributed by atoms with Gasteiger partial charge < -0.3 is 14.8 Å². The Morgan fingerprint density at radius 1 is 0.833 bits per heavy atom. The Kier molecular flexibility index (Phi) is 18.1. The highest BCUT2D eigenvalue weighted by Crippen LogP contribution is 2.17. The second-order valence-electron chi connectivity index (χ2n) is 7.78. The van der Waals surface area contributed by atoms with Crippen molar-refractivity contribution in [1.82, 2.24) is 0 Å². The molecule has 0 atom stereocenters. The fourth-order valence-electron chi connectivity index (χ4n) is 2.08. The normalized spacial score (nSPS) is 9.89. The zero-order valence-electron chi connectivity index (χ0n) is 21.6. The van der Waals surface area contributed by atoms with Crippen molar-refractivity contribution in [3.63, 3.8) is 0 Å². The molecule has 1 aromatic carbocycles. The number of nitrogens with one attached hydrogen (secondary N) is 1. The van der Waals surface area contributed by atoms with Gasteiger partial charge in [-0.05, 0) is 62.6 Å². The summed E-state index contributed by atoms with van der Waals surface area (Å²) in [6.45, 7) is 18.7. The van der Waals surface area contributed by atoms with E-state index >= 15 is 0 Å². The summed E-state index contributed by atoms with van der Waals surface area (Å²) in [6, 6.07) is 6.67. The number of amides is 1. The smallest absolute Gasteiger partial charge is 0.311 e. The van der Waals surface area contributed by atoms with Gasteiger partial charge in [0.1, 0.15) is 5.75 Å². The molecule has 0 aliphatic rings. The number of thioether (sulfide) groups is 2. The molecule has 0 heterocycles. The van der Waals surface area contributed by atoms with Crippen LogP contribution in [-0.2, 0) is 23.9 Å². The maximum Gasteiger partial charge on any atom is 0.311 e. The summed E-state index contributed by atoms with van der Waals surface area (Å²) >= 11 is 2.40. The number of anilines is 1. The highest BCUT2D eigenvalue weighted by atomic mass is 32.2. The molecule has 1 amide bonds. The van der Waals surface area contributed by atoms with Crippen molar-refractivity contribution in [2.75, 3.05) is 30.0 Å². The molecule has 0 saturated carbocycles. The molecule has 198 valence electrons. The molecule has 1 rings (SSSR count). The third-order valence-electron chi connectivity index (χ3n) is 4.08. The fourth-order valence-corrected chi connectivity index (χ4v) is 3.35. The first kappa shape index (κ1) is 33.4. The largest absolute Gasteiger partial charge is 0.427 e. The SMILES string of the molecule is C=C(C)C(=O)Nc1ccc(OC(=O)CCCC)cc1.C=C(C)C(=O)SCCOCCSC(=O)C(=C)C. The predicted octanol–water partition coefficient (Wildman–Crippen LogP) is 5.97. The van der Waals surface area contributed by atoms with Gasteiger partial charge in [-0.2, -0.15) is 0 Å². The number of hydrogen-bond donors (Lipinski definition) is 1. The van der Waals surface area contributed by atoms with Gasteiger partial charge in [0.25, 0.3) is 5.91 Å². The summed E-state index contributed by atoms with van der Waals surface area (Å²) in [5, 5.41) is 2.68. The molecule has 0 bridgehead atoms. The summed E-state index contributed by atoms with van der Waals surface area (Å²) in [6.07, 6.45) is 2.21. The van der Waals surface area contributed by atoms with Crippen LogP contribution in [0.4, 0.5) is 5.69 Å². The van der Waals surface area contributed by atoms with E-state index in [-0.39, 0.29) is 22.1 Å². The topological polar surface area (TPSA) is 98.8 Å². The molecule has 1 N–H and O–H groups in total. The van der Waals surface area contributed by atoms with Crippen molar-refractivity contribution in [1.29, 1.82) is 0 Å². The number of rotatable bonds is 14. The molecule has 0 aromatic heterocycles. The predicted molar refractivity (Wildman–Crippen MR) is 150 cm³/mol. The Morgan fingerprint density at radius 2 is 1.33 bits per heavy atom. The van der Waals surface area contributed by atoms with Crippen molar-refractivity contribution in [3.8, 4) is 5.75 Å². The van der Waals surface area contributed by atoms with E-state index in [9.17, 15) is 19.2 Å². The summed E-state index contributed by atoms with van der Waals surface area (Å²) in [5.74, 6) is 1.25. The van der Waals surface area contributed by atoms with Crippen LogP contribution in [0.3, 0.4) is 0 Å². The molecule has 0 unspecified atom stereocenters. The summed E-state index contributed by atoms with van der Waals surface area (Å²) in [4.78, 5) is 45.1. The van der Waals surface area contributed by atoms with Gasteiger partial charge in [-0.15, -0.1) is 0 Å². The number of carbonyl (C=O) groups excluding carboxylic acids is 4. The minimum Gasteiger partial charge on any atom is -0.427 e. The standard InChI is InChI=1S/C15H19NO3.C12H18O3S2/c1-4-5-6-14(17)19-13-9-7-12(8-10-13)16-15(18)11(2)3;1-9(2)11(13)16-7-5-15-6-8-17-12(14)10(3)4/h7-10H,2,4-6H2,1,3H3,(H,16,18);1,3,5-8H2,2,4H3. The zero-order chi connectivity index (χ0) is 27.5. The molecule has 0 aliphatic heterocycles. The summed E-state index contributed by atoms with van der Waals surface area (Å²) in [5.41, 5.74) is 2.19. The number of esters is 1. The number of unbranched alkanes of at least 4 members (excludes halogenated alkanes) is 1. The lowest BCUT2D eigenvalue weighted by molar-refractivity contribution is -0.134. The van der Waals surface area contributed by atoms with Crippen LogP contribution in [0.2, 0.25) is 0 Å². The van der Waals surface area contributed by atoms with Crippen LogP contribution in [0, 0.1) is 0 Å². The van der Waals surface area contributed by atoms with Crippen LogP contribution in [0.1, 0.15) is 47.0 Å². The molecule has 0 radical (unpaired) electrons. The second-order valence-corrected chi connectivity index (χ2v) is 9.92. The molecule has 0 spiro atoms. The molecule has 9 heteroatoms. The molecule has 0 fully saturated rings. The molecule has 36 heavy (non-hydrogen) atoms. The van der Waals surface area contributed by atoms with E-state index in [0.717, 1.165) is 12.8 Å². The average Bonchev–Trinajstić information content (AvgIpc) is 2.83. The first-order valence-electron chi connectivity index (χ1n) is 11.5. The second kappa shape index (κ2) is 19.6. The van der Waals surface area contributed by atoms with E-state index in [2.05, 4.69) is 25.1 Å². The monoisotopic (exact) mass is 535 g/mol. The molecular weight excluding hydrogens is 498 g/mol. The Morgan fingerprint density at radius 3 is 1.75 bits per heavy atom. The lowest BCUT2D eigenvalue weighted by Gasteiger charge is -2.07. The van der Waals surface area contributed by atoms with Gasteiger partial charge in [0.05, 0.1) is 13.2 Å². The Labute approximate surface area is 223 Å². The number of carbonyl (C=O) groups is 4. The Hall–Kier alpha value is -2.62. The van der Waals surface area contributed by atoms with Crippen LogP contribution >= 0.6 is 23.5 Å². The van der Waals surface area contributed by atoms with Crippen molar-refractivity contribution >= 4 is 51.3 Å². The minimum atomic E-state index is -0.236. The first-order chi connectivity index (χ1) is 17.0. The average molecular weight is 536 g/mol. The van der Waals surface area contributed by atoms with Gasteiger partial charge in [0, 0.05) is 29.2 Å². The van der Waals surface area contributed by atoms with Gasteiger partial charge in [0.2, 0.25) is 10.2 Å². The van der Waals surface area contributed by atoms with E-state index in [1.54, 1.807) is 45.0 Å². The molecule has 0 aliphatic carbocycles. The lowest BCUT2D eigenvalue weighted by Crippen LogP contribution is -2.12. The Bertz CT molecular complexity index is 895. The van der Waals surface area contributed by atoms with Crippen molar-refractivity contribution in [3.05, 3.63) is 60.7 Å². The van der Waals surface area contributed by atoms with Gasteiger partial charge in [-0.25, -0.2) is 0 Å². The highest BCUT2D eigenvalue weighted by Gasteiger charge is 2.06. The van der Waals surface area contributed by atoms with Gasteiger partial charge in [0.15, 0.2) is 0 Å². The van der Waals surface area contributed by atoms with E-state index in [1.807, 2.05) is 6.92 Å².